The molecule has 1 fully saturated rings. The van der Waals surface area contributed by atoms with E-state index in [0.717, 1.165) is 48.9 Å². The average Bonchev–Trinajstić information content (AvgIpc) is 3.32. The number of carbonyl (C=O) groups excluding carboxylic acids is 2. The highest BCUT2D eigenvalue weighted by Gasteiger charge is 2.22. The van der Waals surface area contributed by atoms with Crippen LogP contribution in [0, 0.1) is 0 Å². The van der Waals surface area contributed by atoms with Crippen molar-refractivity contribution in [3.8, 4) is 0 Å². The molecule has 1 aliphatic heterocycles. The van der Waals surface area contributed by atoms with Crippen LogP contribution in [0.25, 0.3) is 10.2 Å². The molecule has 2 amide bonds. The molecule has 1 saturated heterocycles. The molecule has 4 rings (SSSR count). The van der Waals surface area contributed by atoms with Crippen molar-refractivity contribution in [2.75, 3.05) is 25.4 Å². The van der Waals surface area contributed by atoms with Crippen LogP contribution in [-0.2, 0) is 29.0 Å². The van der Waals surface area contributed by atoms with E-state index in [2.05, 4.69) is 5.32 Å². The fraction of sp³-hybridized carbons (Fsp3) is 0.619. The van der Waals surface area contributed by atoms with Gasteiger partial charge >= 0.3 is 0 Å². The van der Waals surface area contributed by atoms with Gasteiger partial charge in [-0.1, -0.05) is 11.8 Å². The van der Waals surface area contributed by atoms with Crippen molar-refractivity contribution >= 4 is 45.1 Å². The molecule has 0 spiro atoms. The number of rotatable bonds is 8. The highest BCUT2D eigenvalue weighted by molar-refractivity contribution is 7.99. The monoisotopic (exact) mass is 448 g/mol. The topological polar surface area (TPSA) is 84.3 Å². The van der Waals surface area contributed by atoms with Gasteiger partial charge in [-0.15, -0.1) is 11.3 Å². The Hall–Kier alpha value is -1.87. The van der Waals surface area contributed by atoms with E-state index in [9.17, 15) is 14.4 Å². The maximum absolute atomic E-state index is 13.1. The van der Waals surface area contributed by atoms with E-state index in [1.807, 2.05) is 11.8 Å². The number of nitrogens with zero attached hydrogens (tertiary/aromatic N) is 3. The fourth-order valence-corrected chi connectivity index (χ4v) is 6.42. The number of amides is 2. The van der Waals surface area contributed by atoms with Crippen molar-refractivity contribution < 1.29 is 9.59 Å². The number of likely N-dealkylation sites (tertiary alicyclic amines) is 1. The summed E-state index contributed by atoms with van der Waals surface area (Å²) >= 11 is 2.96. The lowest BCUT2D eigenvalue weighted by molar-refractivity contribution is -0.127. The van der Waals surface area contributed by atoms with Crippen LogP contribution in [0.1, 0.15) is 49.5 Å². The second-order valence-corrected chi connectivity index (χ2v) is 9.84. The SMILES string of the molecule is CCn1c(SCC(=O)NCCCN2CCCC2=O)nc2sc3c(c2c1=O)CCCC3. The van der Waals surface area contributed by atoms with Gasteiger partial charge in [-0.05, 0) is 51.0 Å². The lowest BCUT2D eigenvalue weighted by atomic mass is 9.97. The van der Waals surface area contributed by atoms with Crippen LogP contribution in [0.5, 0.6) is 0 Å². The first-order valence-electron chi connectivity index (χ1n) is 10.8. The highest BCUT2D eigenvalue weighted by atomic mass is 32.2. The smallest absolute Gasteiger partial charge is 0.263 e. The van der Waals surface area contributed by atoms with Crippen molar-refractivity contribution in [3.05, 3.63) is 20.8 Å². The minimum Gasteiger partial charge on any atom is -0.355 e. The molecular formula is C21H28N4O3S2. The molecule has 9 heteroatoms. The molecular weight excluding hydrogens is 420 g/mol. The van der Waals surface area contributed by atoms with Crippen LogP contribution in [0.3, 0.4) is 0 Å². The number of hydrogen-bond acceptors (Lipinski definition) is 6. The molecule has 2 aromatic rings. The first-order valence-corrected chi connectivity index (χ1v) is 12.6. The minimum absolute atomic E-state index is 0.0279. The Labute approximate surface area is 184 Å². The molecule has 30 heavy (non-hydrogen) atoms. The second kappa shape index (κ2) is 9.51. The largest absolute Gasteiger partial charge is 0.355 e. The van der Waals surface area contributed by atoms with Gasteiger partial charge in [0.15, 0.2) is 5.16 Å². The number of nitrogens with one attached hydrogen (secondary N) is 1. The molecule has 162 valence electrons. The van der Waals surface area contributed by atoms with E-state index in [0.29, 0.717) is 31.2 Å². The summed E-state index contributed by atoms with van der Waals surface area (Å²) in [6.45, 7) is 4.56. The van der Waals surface area contributed by atoms with E-state index < -0.39 is 0 Å². The summed E-state index contributed by atoms with van der Waals surface area (Å²) in [7, 11) is 0. The summed E-state index contributed by atoms with van der Waals surface area (Å²) in [4.78, 5) is 45.7. The molecule has 7 nitrogen and oxygen atoms in total. The van der Waals surface area contributed by atoms with Gasteiger partial charge in [-0.25, -0.2) is 4.98 Å². The molecule has 2 aliphatic rings. The lowest BCUT2D eigenvalue weighted by Crippen LogP contribution is -2.31. The normalized spacial score (nSPS) is 16.3. The Morgan fingerprint density at radius 1 is 1.20 bits per heavy atom. The molecule has 0 bridgehead atoms. The number of aromatic nitrogens is 2. The first-order chi connectivity index (χ1) is 14.6. The van der Waals surface area contributed by atoms with Crippen LogP contribution >= 0.6 is 23.1 Å². The predicted octanol–water partition coefficient (Wildman–Crippen LogP) is 2.58. The van der Waals surface area contributed by atoms with E-state index in [-0.39, 0.29) is 23.1 Å². The van der Waals surface area contributed by atoms with E-state index in [1.54, 1.807) is 15.9 Å². The van der Waals surface area contributed by atoms with Gasteiger partial charge in [0.1, 0.15) is 4.83 Å². The fourth-order valence-electron chi connectivity index (χ4n) is 4.23. The molecule has 0 atom stereocenters. The van der Waals surface area contributed by atoms with E-state index in [4.69, 9.17) is 4.98 Å². The molecule has 0 radical (unpaired) electrons. The zero-order valence-corrected chi connectivity index (χ0v) is 19.0. The number of fused-ring (bicyclic) bond motifs is 3. The Morgan fingerprint density at radius 3 is 2.80 bits per heavy atom. The van der Waals surface area contributed by atoms with Crippen molar-refractivity contribution in [3.63, 3.8) is 0 Å². The predicted molar refractivity (Wildman–Crippen MR) is 120 cm³/mol. The van der Waals surface area contributed by atoms with Crippen LogP contribution in [-0.4, -0.2) is 51.7 Å². The maximum atomic E-state index is 13.1. The molecule has 2 aromatic heterocycles. The summed E-state index contributed by atoms with van der Waals surface area (Å²) in [5.41, 5.74) is 1.23. The van der Waals surface area contributed by atoms with E-state index in [1.165, 1.54) is 28.6 Å². The Balaban J connectivity index is 1.36. The lowest BCUT2D eigenvalue weighted by Gasteiger charge is -2.15. The summed E-state index contributed by atoms with van der Waals surface area (Å²) in [5.74, 6) is 0.368. The second-order valence-electron chi connectivity index (χ2n) is 7.81. The molecule has 3 heterocycles. The Bertz CT molecular complexity index is 1010. The molecule has 1 N–H and O–H groups in total. The van der Waals surface area contributed by atoms with Gasteiger partial charge in [-0.2, -0.15) is 0 Å². The molecule has 0 saturated carbocycles. The van der Waals surface area contributed by atoms with Crippen LogP contribution in [0.15, 0.2) is 9.95 Å². The van der Waals surface area contributed by atoms with Gasteiger partial charge in [0.25, 0.3) is 5.56 Å². The molecule has 1 aliphatic carbocycles. The van der Waals surface area contributed by atoms with Gasteiger partial charge in [-0.3, -0.25) is 19.0 Å². The summed E-state index contributed by atoms with van der Waals surface area (Å²) < 4.78 is 1.70. The zero-order valence-electron chi connectivity index (χ0n) is 17.4. The van der Waals surface area contributed by atoms with Gasteiger partial charge in [0.2, 0.25) is 11.8 Å². The van der Waals surface area contributed by atoms with Crippen LogP contribution < -0.4 is 10.9 Å². The van der Waals surface area contributed by atoms with Crippen molar-refractivity contribution in [2.24, 2.45) is 0 Å². The Kier molecular flexibility index (Phi) is 6.77. The van der Waals surface area contributed by atoms with Crippen molar-refractivity contribution in [1.29, 1.82) is 0 Å². The van der Waals surface area contributed by atoms with Gasteiger partial charge < -0.3 is 10.2 Å². The standard InChI is InChI=1S/C21H28N4O3S2/c1-2-25-20(28)18-14-7-3-4-8-15(14)30-19(18)23-21(25)29-13-16(26)22-10-6-12-24-11-5-9-17(24)27/h2-13H2,1H3,(H,22,26). The van der Waals surface area contributed by atoms with Crippen molar-refractivity contribution in [2.45, 2.75) is 63.6 Å². The zero-order chi connectivity index (χ0) is 21.1. The summed E-state index contributed by atoms with van der Waals surface area (Å²) in [6, 6.07) is 0. The third kappa shape index (κ3) is 4.42. The number of thiophene rings is 1. The first kappa shape index (κ1) is 21.4. The third-order valence-corrected chi connectivity index (χ3v) is 7.95. The van der Waals surface area contributed by atoms with Crippen LogP contribution in [0.4, 0.5) is 0 Å². The quantitative estimate of drug-likeness (QED) is 0.381. The highest BCUT2D eigenvalue weighted by Crippen LogP contribution is 2.34. The molecule has 0 unspecified atom stereocenters. The van der Waals surface area contributed by atoms with Gasteiger partial charge in [0, 0.05) is 37.5 Å². The number of hydrogen-bond donors (Lipinski definition) is 1. The third-order valence-electron chi connectivity index (χ3n) is 5.79. The number of aryl methyl sites for hydroxylation is 2. The minimum atomic E-state index is -0.0739. The summed E-state index contributed by atoms with van der Waals surface area (Å²) in [6.07, 6.45) is 6.65. The van der Waals surface area contributed by atoms with Crippen LogP contribution in [0.2, 0.25) is 0 Å². The van der Waals surface area contributed by atoms with E-state index >= 15 is 0 Å². The Morgan fingerprint density at radius 2 is 2.03 bits per heavy atom. The maximum Gasteiger partial charge on any atom is 0.263 e. The number of carbonyl (C=O) groups is 2. The summed E-state index contributed by atoms with van der Waals surface area (Å²) in [5, 5.41) is 4.32. The van der Waals surface area contributed by atoms with Gasteiger partial charge in [0.05, 0.1) is 11.1 Å². The van der Waals surface area contributed by atoms with Crippen molar-refractivity contribution in [1.82, 2.24) is 19.8 Å². The average molecular weight is 449 g/mol. The number of thioether (sulfide) groups is 1. The molecule has 0 aromatic carbocycles.